The van der Waals surface area contributed by atoms with Crippen LogP contribution in [0.25, 0.3) is 0 Å². The number of unbranched alkanes of at least 4 members (excludes halogenated alkanes) is 18. The van der Waals surface area contributed by atoms with Crippen LogP contribution in [0.2, 0.25) is 0 Å². The molecule has 8 nitrogen and oxygen atoms in total. The Morgan fingerprint density at radius 2 is 1.06 bits per heavy atom. The number of nitrogens with zero attached hydrogens (tertiary/aromatic N) is 1. The molecular formula is C39H74NO7+. The molecule has 0 aliphatic rings. The highest BCUT2D eigenvalue weighted by atomic mass is 16.6. The van der Waals surface area contributed by atoms with Gasteiger partial charge in [-0.1, -0.05) is 122 Å². The number of quaternary nitrogens is 1. The average Bonchev–Trinajstić information content (AvgIpc) is 3.01. The Morgan fingerprint density at radius 1 is 0.617 bits per heavy atom. The summed E-state index contributed by atoms with van der Waals surface area (Å²) in [6.07, 6.45) is 29.8. The van der Waals surface area contributed by atoms with Gasteiger partial charge >= 0.3 is 17.9 Å². The second-order valence-corrected chi connectivity index (χ2v) is 14.2. The fourth-order valence-corrected chi connectivity index (χ4v) is 5.61. The van der Waals surface area contributed by atoms with Gasteiger partial charge in [0.2, 0.25) is 0 Å². The fraction of sp³-hybridized carbons (Fsp3) is 0.872. The monoisotopic (exact) mass is 669 g/mol. The summed E-state index contributed by atoms with van der Waals surface area (Å²) in [5, 5.41) is 9.55. The van der Waals surface area contributed by atoms with Gasteiger partial charge in [-0.15, -0.1) is 0 Å². The molecular weight excluding hydrogens is 594 g/mol. The first-order chi connectivity index (χ1) is 22.6. The number of carboxylic acid groups (broad SMARTS) is 1. The van der Waals surface area contributed by atoms with Crippen LogP contribution in [0.5, 0.6) is 0 Å². The van der Waals surface area contributed by atoms with Crippen LogP contribution in [-0.2, 0) is 28.6 Å². The maximum atomic E-state index is 12.6. The molecule has 0 radical (unpaired) electrons. The normalized spacial score (nSPS) is 13.1. The van der Waals surface area contributed by atoms with Crippen LogP contribution in [0.3, 0.4) is 0 Å². The molecule has 2 unspecified atom stereocenters. The lowest BCUT2D eigenvalue weighted by Crippen LogP contribution is -2.50. The average molecular weight is 669 g/mol. The topological polar surface area (TPSA) is 99.1 Å². The van der Waals surface area contributed by atoms with E-state index in [-0.39, 0.29) is 36.2 Å². The summed E-state index contributed by atoms with van der Waals surface area (Å²) >= 11 is 0. The molecule has 0 saturated carbocycles. The summed E-state index contributed by atoms with van der Waals surface area (Å²) < 4.78 is 17.1. The van der Waals surface area contributed by atoms with Gasteiger partial charge in [0.1, 0.15) is 6.61 Å². The molecule has 0 aromatic rings. The van der Waals surface area contributed by atoms with Gasteiger partial charge in [0.15, 0.2) is 12.1 Å². The fourth-order valence-electron chi connectivity index (χ4n) is 5.61. The van der Waals surface area contributed by atoms with Gasteiger partial charge in [0.25, 0.3) is 0 Å². The summed E-state index contributed by atoms with van der Waals surface area (Å²) in [4.78, 5) is 36.6. The summed E-state index contributed by atoms with van der Waals surface area (Å²) in [5.41, 5.74) is 0. The lowest BCUT2D eigenvalue weighted by atomic mass is 10.1. The van der Waals surface area contributed by atoms with Crippen molar-refractivity contribution in [2.45, 2.75) is 180 Å². The molecule has 0 saturated heterocycles. The van der Waals surface area contributed by atoms with Crippen molar-refractivity contribution < 1.29 is 38.2 Å². The Morgan fingerprint density at radius 3 is 1.53 bits per heavy atom. The van der Waals surface area contributed by atoms with Crippen molar-refractivity contribution in [2.24, 2.45) is 0 Å². The standard InChI is InChI=1S/C39H73NO7/c1-6-8-10-12-14-15-16-17-18-19-20-21-22-23-24-26-28-30-38(42)47-35(33-45-32-31-36(39(43)44)40(3,4)5)34-46-37(41)29-27-25-13-11-9-7-2/h17-18,35-36H,6-16,19-34H2,1-5H3/p+1/b18-17-. The highest BCUT2D eigenvalue weighted by Crippen LogP contribution is 2.13. The van der Waals surface area contributed by atoms with E-state index in [0.717, 1.165) is 38.5 Å². The number of ether oxygens (including phenoxy) is 3. The number of hydrogen-bond donors (Lipinski definition) is 1. The number of likely N-dealkylation sites (N-methyl/N-ethyl adjacent to an activating group) is 1. The second-order valence-electron chi connectivity index (χ2n) is 14.2. The number of aliphatic carboxylic acids is 1. The van der Waals surface area contributed by atoms with E-state index < -0.39 is 18.1 Å². The van der Waals surface area contributed by atoms with Gasteiger partial charge in [-0.05, 0) is 38.5 Å². The molecule has 0 heterocycles. The number of carboxylic acids is 1. The van der Waals surface area contributed by atoms with E-state index in [1.54, 1.807) is 0 Å². The molecule has 0 aromatic heterocycles. The van der Waals surface area contributed by atoms with Crippen molar-refractivity contribution in [3.8, 4) is 0 Å². The highest BCUT2D eigenvalue weighted by molar-refractivity contribution is 5.72. The minimum absolute atomic E-state index is 0.0493. The molecule has 276 valence electrons. The predicted octanol–water partition coefficient (Wildman–Crippen LogP) is 9.58. The molecule has 8 heteroatoms. The van der Waals surface area contributed by atoms with E-state index in [2.05, 4.69) is 26.0 Å². The van der Waals surface area contributed by atoms with Crippen LogP contribution in [0.15, 0.2) is 12.2 Å². The van der Waals surface area contributed by atoms with E-state index in [9.17, 15) is 19.5 Å². The van der Waals surface area contributed by atoms with E-state index in [1.807, 2.05) is 21.1 Å². The van der Waals surface area contributed by atoms with E-state index in [4.69, 9.17) is 14.2 Å². The van der Waals surface area contributed by atoms with E-state index in [1.165, 1.54) is 96.3 Å². The van der Waals surface area contributed by atoms with Crippen LogP contribution in [0.4, 0.5) is 0 Å². The Labute approximate surface area is 289 Å². The Bertz CT molecular complexity index is 793. The Balaban J connectivity index is 4.29. The Kier molecular flexibility index (Phi) is 30.1. The smallest absolute Gasteiger partial charge is 0.362 e. The first kappa shape index (κ1) is 45.1. The van der Waals surface area contributed by atoms with Crippen molar-refractivity contribution in [2.75, 3.05) is 41.0 Å². The molecule has 0 amide bonds. The zero-order valence-corrected chi connectivity index (χ0v) is 31.2. The van der Waals surface area contributed by atoms with Gasteiger partial charge in [-0.2, -0.15) is 0 Å². The zero-order valence-electron chi connectivity index (χ0n) is 31.2. The molecule has 2 atom stereocenters. The van der Waals surface area contributed by atoms with Crippen molar-refractivity contribution >= 4 is 17.9 Å². The third kappa shape index (κ3) is 29.9. The minimum Gasteiger partial charge on any atom is -0.477 e. The maximum absolute atomic E-state index is 12.6. The maximum Gasteiger partial charge on any atom is 0.362 e. The van der Waals surface area contributed by atoms with Gasteiger partial charge in [-0.3, -0.25) is 9.59 Å². The number of hydrogen-bond acceptors (Lipinski definition) is 6. The van der Waals surface area contributed by atoms with Crippen LogP contribution < -0.4 is 0 Å². The van der Waals surface area contributed by atoms with Crippen LogP contribution in [0, 0.1) is 0 Å². The predicted molar refractivity (Wildman–Crippen MR) is 192 cm³/mol. The number of carbonyl (C=O) groups excluding carboxylic acids is 2. The molecule has 0 aliphatic carbocycles. The third-order valence-corrected chi connectivity index (χ3v) is 8.66. The summed E-state index contributed by atoms with van der Waals surface area (Å²) in [6, 6.07) is -0.609. The van der Waals surface area contributed by atoms with Crippen molar-refractivity contribution in [1.82, 2.24) is 0 Å². The lowest BCUT2D eigenvalue weighted by molar-refractivity contribution is -0.887. The van der Waals surface area contributed by atoms with Crippen LogP contribution in [-0.4, -0.2) is 80.6 Å². The second kappa shape index (κ2) is 31.3. The quantitative estimate of drug-likeness (QED) is 0.0315. The lowest BCUT2D eigenvalue weighted by Gasteiger charge is -2.31. The summed E-state index contributed by atoms with van der Waals surface area (Å²) in [7, 11) is 5.51. The summed E-state index contributed by atoms with van der Waals surface area (Å²) in [5.74, 6) is -1.48. The molecule has 0 fully saturated rings. The van der Waals surface area contributed by atoms with Crippen molar-refractivity contribution in [1.29, 1.82) is 0 Å². The van der Waals surface area contributed by atoms with E-state index >= 15 is 0 Å². The molecule has 0 aliphatic heterocycles. The first-order valence-electron chi connectivity index (χ1n) is 19.2. The first-order valence-corrected chi connectivity index (χ1v) is 19.2. The highest BCUT2D eigenvalue weighted by Gasteiger charge is 2.31. The van der Waals surface area contributed by atoms with Crippen LogP contribution in [0.1, 0.15) is 168 Å². The van der Waals surface area contributed by atoms with Gasteiger partial charge in [-0.25, -0.2) is 4.79 Å². The number of rotatable bonds is 34. The van der Waals surface area contributed by atoms with E-state index in [0.29, 0.717) is 19.3 Å². The van der Waals surface area contributed by atoms with Gasteiger partial charge in [0, 0.05) is 19.3 Å². The zero-order chi connectivity index (χ0) is 35.0. The van der Waals surface area contributed by atoms with Crippen LogP contribution >= 0.6 is 0 Å². The SMILES string of the molecule is CCCCCCCC/C=C\CCCCCCCCCC(=O)OC(COCCC(C(=O)O)[N+](C)(C)C)COC(=O)CCCCCCCC. The number of esters is 2. The summed E-state index contributed by atoms with van der Waals surface area (Å²) in [6.45, 7) is 4.66. The largest absolute Gasteiger partial charge is 0.477 e. The molecule has 0 bridgehead atoms. The molecule has 47 heavy (non-hydrogen) atoms. The molecule has 1 N–H and O–H groups in total. The Hall–Kier alpha value is -1.93. The third-order valence-electron chi connectivity index (χ3n) is 8.66. The molecule has 0 rings (SSSR count). The van der Waals surface area contributed by atoms with Crippen molar-refractivity contribution in [3.63, 3.8) is 0 Å². The number of carbonyl (C=O) groups is 3. The van der Waals surface area contributed by atoms with Gasteiger partial charge < -0.3 is 23.8 Å². The molecule has 0 aromatic carbocycles. The van der Waals surface area contributed by atoms with Crippen molar-refractivity contribution in [3.05, 3.63) is 12.2 Å². The molecule has 0 spiro atoms. The van der Waals surface area contributed by atoms with Gasteiger partial charge in [0.05, 0.1) is 34.4 Å². The number of allylic oxidation sites excluding steroid dienone is 2. The minimum atomic E-state index is -0.876.